The summed E-state index contributed by atoms with van der Waals surface area (Å²) in [5.41, 5.74) is 7.67. The van der Waals surface area contributed by atoms with Crippen molar-refractivity contribution < 1.29 is 4.79 Å². The summed E-state index contributed by atoms with van der Waals surface area (Å²) < 4.78 is 0. The molecule has 0 unspecified atom stereocenters. The zero-order chi connectivity index (χ0) is 13.8. The minimum absolute atomic E-state index is 0.0714. The fourth-order valence-electron chi connectivity index (χ4n) is 2.37. The lowest BCUT2D eigenvalue weighted by atomic mass is 9.98. The molecule has 0 aliphatic carbocycles. The molecule has 4 nitrogen and oxygen atoms in total. The van der Waals surface area contributed by atoms with Crippen LogP contribution < -0.4 is 16.4 Å². The lowest BCUT2D eigenvalue weighted by molar-refractivity contribution is 0.0943. The first-order chi connectivity index (χ1) is 9.08. The van der Waals surface area contributed by atoms with Gasteiger partial charge in [-0.05, 0) is 56.5 Å². The number of piperidine rings is 1. The van der Waals surface area contributed by atoms with Crippen LogP contribution in [-0.2, 0) is 0 Å². The fourth-order valence-corrected chi connectivity index (χ4v) is 2.53. The van der Waals surface area contributed by atoms with Gasteiger partial charge in [0.15, 0.2) is 0 Å². The molecule has 1 saturated heterocycles. The van der Waals surface area contributed by atoms with Crippen molar-refractivity contribution in [3.8, 4) is 0 Å². The summed E-state index contributed by atoms with van der Waals surface area (Å²) >= 11 is 5.97. The summed E-state index contributed by atoms with van der Waals surface area (Å²) in [6.45, 7) is 4.66. The Bertz CT molecular complexity index is 470. The number of nitrogens with two attached hydrogens (primary N) is 1. The van der Waals surface area contributed by atoms with Crippen molar-refractivity contribution in [2.75, 3.05) is 25.4 Å². The van der Waals surface area contributed by atoms with Crippen LogP contribution in [0, 0.1) is 12.8 Å². The van der Waals surface area contributed by atoms with E-state index in [1.807, 2.05) is 6.92 Å². The van der Waals surface area contributed by atoms with Gasteiger partial charge in [-0.15, -0.1) is 0 Å². The van der Waals surface area contributed by atoms with E-state index in [9.17, 15) is 4.79 Å². The number of amides is 1. The topological polar surface area (TPSA) is 67.2 Å². The number of benzene rings is 1. The van der Waals surface area contributed by atoms with Crippen molar-refractivity contribution in [2.45, 2.75) is 19.8 Å². The van der Waals surface area contributed by atoms with E-state index in [0.29, 0.717) is 22.2 Å². The van der Waals surface area contributed by atoms with Gasteiger partial charge in [0, 0.05) is 12.1 Å². The largest absolute Gasteiger partial charge is 0.398 e. The molecule has 1 heterocycles. The van der Waals surface area contributed by atoms with E-state index in [4.69, 9.17) is 17.3 Å². The molecular weight excluding hydrogens is 262 g/mol. The Balaban J connectivity index is 1.97. The Kier molecular flexibility index (Phi) is 4.66. The third-order valence-electron chi connectivity index (χ3n) is 3.60. The number of aryl methyl sites for hydroxylation is 1. The molecule has 2 rings (SSSR count). The van der Waals surface area contributed by atoms with Crippen LogP contribution in [0.2, 0.25) is 5.02 Å². The second kappa shape index (κ2) is 6.26. The highest BCUT2D eigenvalue weighted by molar-refractivity contribution is 6.33. The number of nitrogens with one attached hydrogen (secondary N) is 2. The number of hydrogen-bond donors (Lipinski definition) is 3. The van der Waals surface area contributed by atoms with Crippen LogP contribution in [0.4, 0.5) is 5.69 Å². The van der Waals surface area contributed by atoms with Gasteiger partial charge in [0.2, 0.25) is 0 Å². The third kappa shape index (κ3) is 3.61. The molecule has 5 heteroatoms. The normalized spacial score (nSPS) is 16.3. The minimum atomic E-state index is -0.0714. The average molecular weight is 282 g/mol. The van der Waals surface area contributed by atoms with E-state index in [2.05, 4.69) is 10.6 Å². The first-order valence-corrected chi connectivity index (χ1v) is 7.00. The first kappa shape index (κ1) is 14.2. The lowest BCUT2D eigenvalue weighted by Gasteiger charge is -2.23. The zero-order valence-corrected chi connectivity index (χ0v) is 11.9. The molecule has 1 amide bonds. The van der Waals surface area contributed by atoms with Crippen LogP contribution in [0.5, 0.6) is 0 Å². The molecule has 1 aliphatic heterocycles. The van der Waals surface area contributed by atoms with Crippen LogP contribution in [0.1, 0.15) is 28.8 Å². The van der Waals surface area contributed by atoms with Gasteiger partial charge in [-0.3, -0.25) is 4.79 Å². The standard InChI is InChI=1S/C14H20ClN3O/c1-9-6-13(16)12(15)7-11(9)14(19)18-8-10-2-4-17-5-3-10/h6-7,10,17H,2-5,8,16H2,1H3,(H,18,19). The molecule has 1 aromatic carbocycles. The van der Waals surface area contributed by atoms with Crippen molar-refractivity contribution in [3.05, 3.63) is 28.3 Å². The van der Waals surface area contributed by atoms with Gasteiger partial charge in [-0.1, -0.05) is 11.6 Å². The molecule has 0 saturated carbocycles. The second-order valence-electron chi connectivity index (χ2n) is 5.09. The number of carbonyl (C=O) groups is 1. The molecule has 4 N–H and O–H groups in total. The highest BCUT2D eigenvalue weighted by Crippen LogP contribution is 2.23. The van der Waals surface area contributed by atoms with Crippen molar-refractivity contribution in [1.29, 1.82) is 0 Å². The van der Waals surface area contributed by atoms with Gasteiger partial charge in [-0.2, -0.15) is 0 Å². The van der Waals surface area contributed by atoms with Crippen LogP contribution >= 0.6 is 11.6 Å². The molecule has 1 aliphatic rings. The Labute approximate surface area is 118 Å². The minimum Gasteiger partial charge on any atom is -0.398 e. The number of rotatable bonds is 3. The maximum absolute atomic E-state index is 12.1. The summed E-state index contributed by atoms with van der Waals surface area (Å²) in [7, 11) is 0. The van der Waals surface area contributed by atoms with E-state index >= 15 is 0 Å². The molecule has 104 valence electrons. The lowest BCUT2D eigenvalue weighted by Crippen LogP contribution is -2.36. The Morgan fingerprint density at radius 2 is 2.16 bits per heavy atom. The molecule has 19 heavy (non-hydrogen) atoms. The van der Waals surface area contributed by atoms with Crippen LogP contribution in [0.15, 0.2) is 12.1 Å². The van der Waals surface area contributed by atoms with Gasteiger partial charge < -0.3 is 16.4 Å². The second-order valence-corrected chi connectivity index (χ2v) is 5.50. The van der Waals surface area contributed by atoms with E-state index in [1.54, 1.807) is 12.1 Å². The summed E-state index contributed by atoms with van der Waals surface area (Å²) in [5.74, 6) is 0.493. The molecule has 0 aromatic heterocycles. The predicted octanol–water partition coefficient (Wildman–Crippen LogP) is 1.96. The molecular formula is C14H20ClN3O. The predicted molar refractivity (Wildman–Crippen MR) is 78.5 cm³/mol. The van der Waals surface area contributed by atoms with Gasteiger partial charge in [-0.25, -0.2) is 0 Å². The SMILES string of the molecule is Cc1cc(N)c(Cl)cc1C(=O)NCC1CCNCC1. The van der Waals surface area contributed by atoms with Gasteiger partial charge in [0.1, 0.15) is 0 Å². The third-order valence-corrected chi connectivity index (χ3v) is 3.93. The Morgan fingerprint density at radius 1 is 1.47 bits per heavy atom. The number of halogens is 1. The Hall–Kier alpha value is -1.26. The van der Waals surface area contributed by atoms with Gasteiger partial charge in [0.05, 0.1) is 10.7 Å². The molecule has 0 atom stereocenters. The molecule has 0 bridgehead atoms. The van der Waals surface area contributed by atoms with Crippen molar-refractivity contribution in [1.82, 2.24) is 10.6 Å². The van der Waals surface area contributed by atoms with E-state index in [-0.39, 0.29) is 5.91 Å². The maximum Gasteiger partial charge on any atom is 0.251 e. The van der Waals surface area contributed by atoms with Crippen LogP contribution in [0.25, 0.3) is 0 Å². The summed E-state index contributed by atoms with van der Waals surface area (Å²) in [4.78, 5) is 12.1. The molecule has 1 fully saturated rings. The number of carbonyl (C=O) groups excluding carboxylic acids is 1. The van der Waals surface area contributed by atoms with Crippen LogP contribution in [0.3, 0.4) is 0 Å². The summed E-state index contributed by atoms with van der Waals surface area (Å²) in [6.07, 6.45) is 2.23. The average Bonchev–Trinajstić information content (AvgIpc) is 2.41. The van der Waals surface area contributed by atoms with E-state index in [1.165, 1.54) is 0 Å². The van der Waals surface area contributed by atoms with E-state index in [0.717, 1.165) is 38.0 Å². The smallest absolute Gasteiger partial charge is 0.251 e. The molecule has 1 aromatic rings. The monoisotopic (exact) mass is 281 g/mol. The first-order valence-electron chi connectivity index (χ1n) is 6.62. The van der Waals surface area contributed by atoms with Crippen molar-refractivity contribution in [2.24, 2.45) is 5.92 Å². The summed E-state index contributed by atoms with van der Waals surface area (Å²) in [5, 5.41) is 6.73. The highest BCUT2D eigenvalue weighted by atomic mass is 35.5. The Morgan fingerprint density at radius 3 is 2.84 bits per heavy atom. The molecule has 0 spiro atoms. The fraction of sp³-hybridized carbons (Fsp3) is 0.500. The number of anilines is 1. The van der Waals surface area contributed by atoms with Crippen molar-refractivity contribution >= 4 is 23.2 Å². The molecule has 0 radical (unpaired) electrons. The van der Waals surface area contributed by atoms with E-state index < -0.39 is 0 Å². The van der Waals surface area contributed by atoms with Gasteiger partial charge in [0.25, 0.3) is 5.91 Å². The van der Waals surface area contributed by atoms with Crippen LogP contribution in [-0.4, -0.2) is 25.5 Å². The quantitative estimate of drug-likeness (QED) is 0.742. The highest BCUT2D eigenvalue weighted by Gasteiger charge is 2.16. The maximum atomic E-state index is 12.1. The summed E-state index contributed by atoms with van der Waals surface area (Å²) in [6, 6.07) is 3.38. The zero-order valence-electron chi connectivity index (χ0n) is 11.1. The van der Waals surface area contributed by atoms with Crippen molar-refractivity contribution in [3.63, 3.8) is 0 Å². The number of nitrogen functional groups attached to an aromatic ring is 1. The number of hydrogen-bond acceptors (Lipinski definition) is 3. The van der Waals surface area contributed by atoms with Gasteiger partial charge >= 0.3 is 0 Å².